The van der Waals surface area contributed by atoms with Crippen LogP contribution in [0.4, 0.5) is 0 Å². The van der Waals surface area contributed by atoms with Crippen molar-refractivity contribution in [1.29, 1.82) is 0 Å². The maximum Gasteiger partial charge on any atom is 0.223 e. The summed E-state index contributed by atoms with van der Waals surface area (Å²) in [4.78, 5) is 14.7. The number of hydrogen-bond acceptors (Lipinski definition) is 2. The van der Waals surface area contributed by atoms with Crippen molar-refractivity contribution >= 4 is 18.3 Å². The molecule has 1 heterocycles. The van der Waals surface area contributed by atoms with Crippen molar-refractivity contribution in [2.75, 3.05) is 6.54 Å². The lowest BCUT2D eigenvalue weighted by Gasteiger charge is -2.39. The highest BCUT2D eigenvalue weighted by atomic mass is 35.5. The van der Waals surface area contributed by atoms with E-state index in [9.17, 15) is 4.79 Å². The minimum atomic E-state index is 0. The van der Waals surface area contributed by atoms with Crippen molar-refractivity contribution in [2.45, 2.75) is 70.4 Å². The zero-order chi connectivity index (χ0) is 13.4. The average Bonchev–Trinajstić information content (AvgIpc) is 3.01. The first-order chi connectivity index (χ1) is 9.15. The first-order valence-corrected chi connectivity index (χ1v) is 8.20. The predicted octanol–water partition coefficient (Wildman–Crippen LogP) is 2.96. The molecule has 116 valence electrons. The number of hydrogen-bond donors (Lipinski definition) is 1. The van der Waals surface area contributed by atoms with Gasteiger partial charge in [0, 0.05) is 25.0 Å². The molecule has 3 nitrogen and oxygen atoms in total. The molecule has 3 rings (SSSR count). The van der Waals surface area contributed by atoms with Crippen LogP contribution in [0.5, 0.6) is 0 Å². The molecule has 2 N–H and O–H groups in total. The number of fused-ring (bicyclic) bond motifs is 2. The summed E-state index contributed by atoms with van der Waals surface area (Å²) >= 11 is 0. The van der Waals surface area contributed by atoms with Crippen molar-refractivity contribution in [3.8, 4) is 0 Å². The van der Waals surface area contributed by atoms with Gasteiger partial charge in [-0.1, -0.05) is 6.42 Å². The van der Waals surface area contributed by atoms with Crippen LogP contribution in [-0.2, 0) is 4.79 Å². The number of nitrogens with two attached hydrogens (primary N) is 1. The van der Waals surface area contributed by atoms with Gasteiger partial charge in [0.05, 0.1) is 0 Å². The molecule has 0 aromatic heterocycles. The number of likely N-dealkylation sites (tertiary alicyclic amines) is 1. The molecule has 2 bridgehead atoms. The van der Waals surface area contributed by atoms with Gasteiger partial charge in [-0.15, -0.1) is 12.4 Å². The molecule has 0 aromatic rings. The van der Waals surface area contributed by atoms with E-state index in [-0.39, 0.29) is 18.4 Å². The van der Waals surface area contributed by atoms with E-state index in [0.29, 0.717) is 17.9 Å². The number of piperidine rings is 1. The first-order valence-electron chi connectivity index (χ1n) is 8.20. The summed E-state index contributed by atoms with van der Waals surface area (Å²) in [5.41, 5.74) is 6.07. The Balaban J connectivity index is 0.00000147. The minimum absolute atomic E-state index is 0. The summed E-state index contributed by atoms with van der Waals surface area (Å²) in [7, 11) is 0. The molecule has 3 fully saturated rings. The molecule has 5 atom stereocenters. The Morgan fingerprint density at radius 2 is 2.05 bits per heavy atom. The largest absolute Gasteiger partial charge is 0.338 e. The van der Waals surface area contributed by atoms with Crippen LogP contribution >= 0.6 is 12.4 Å². The van der Waals surface area contributed by atoms with Gasteiger partial charge < -0.3 is 10.6 Å². The number of rotatable bonds is 3. The molecule has 0 aromatic carbocycles. The van der Waals surface area contributed by atoms with Crippen LogP contribution in [0.2, 0.25) is 0 Å². The highest BCUT2D eigenvalue weighted by Gasteiger charge is 2.41. The van der Waals surface area contributed by atoms with E-state index < -0.39 is 0 Å². The Labute approximate surface area is 129 Å². The van der Waals surface area contributed by atoms with Gasteiger partial charge in [-0.3, -0.25) is 4.79 Å². The summed E-state index contributed by atoms with van der Waals surface area (Å²) in [6.07, 6.45) is 9.78. The second-order valence-corrected chi connectivity index (χ2v) is 7.15. The average molecular weight is 301 g/mol. The highest BCUT2D eigenvalue weighted by molar-refractivity contribution is 5.85. The van der Waals surface area contributed by atoms with Gasteiger partial charge in [0.2, 0.25) is 5.91 Å². The van der Waals surface area contributed by atoms with E-state index in [0.717, 1.165) is 37.6 Å². The van der Waals surface area contributed by atoms with Crippen molar-refractivity contribution in [1.82, 2.24) is 4.90 Å². The Kier molecular flexibility index (Phi) is 5.36. The maximum absolute atomic E-state index is 12.6. The van der Waals surface area contributed by atoms with Crippen LogP contribution in [0.15, 0.2) is 0 Å². The molecule has 3 aliphatic rings. The van der Waals surface area contributed by atoms with Gasteiger partial charge in [0.1, 0.15) is 0 Å². The van der Waals surface area contributed by atoms with Crippen molar-refractivity contribution < 1.29 is 4.79 Å². The smallest absolute Gasteiger partial charge is 0.223 e. The summed E-state index contributed by atoms with van der Waals surface area (Å²) in [6, 6.07) is 0.407. The molecule has 1 amide bonds. The third-order valence-corrected chi connectivity index (χ3v) is 5.80. The number of carbonyl (C=O) groups is 1. The van der Waals surface area contributed by atoms with Gasteiger partial charge in [-0.2, -0.15) is 0 Å². The summed E-state index contributed by atoms with van der Waals surface area (Å²) in [6.45, 7) is 2.99. The molecule has 20 heavy (non-hydrogen) atoms. The summed E-state index contributed by atoms with van der Waals surface area (Å²) < 4.78 is 0. The summed E-state index contributed by atoms with van der Waals surface area (Å²) in [5.74, 6) is 2.86. The van der Waals surface area contributed by atoms with Crippen LogP contribution in [0, 0.1) is 17.8 Å². The zero-order valence-corrected chi connectivity index (χ0v) is 13.4. The van der Waals surface area contributed by atoms with E-state index in [1.54, 1.807) is 0 Å². The standard InChI is InChI=1S/C16H28N2O.ClH/c1-11(17)15-4-2-3-7-18(15)16(19)10-14-9-12-5-6-13(14)8-12;/h11-15H,2-10,17H2,1H3;1H. The fourth-order valence-corrected chi connectivity index (χ4v) is 4.78. The van der Waals surface area contributed by atoms with Crippen LogP contribution < -0.4 is 5.73 Å². The topological polar surface area (TPSA) is 46.3 Å². The van der Waals surface area contributed by atoms with Gasteiger partial charge in [-0.05, 0) is 63.2 Å². The van der Waals surface area contributed by atoms with Crippen molar-refractivity contribution in [3.63, 3.8) is 0 Å². The Morgan fingerprint density at radius 3 is 2.65 bits per heavy atom. The number of halogens is 1. The molecule has 0 radical (unpaired) electrons. The van der Waals surface area contributed by atoms with E-state index in [2.05, 4.69) is 4.90 Å². The minimum Gasteiger partial charge on any atom is -0.338 e. The number of nitrogens with zero attached hydrogens (tertiary/aromatic N) is 1. The third kappa shape index (κ3) is 3.14. The molecule has 2 aliphatic carbocycles. The van der Waals surface area contributed by atoms with Crippen LogP contribution in [-0.4, -0.2) is 29.4 Å². The van der Waals surface area contributed by atoms with E-state index in [4.69, 9.17) is 5.73 Å². The SMILES string of the molecule is CC(N)C1CCCCN1C(=O)CC1CC2CCC1C2.Cl. The molecular weight excluding hydrogens is 272 g/mol. The van der Waals surface area contributed by atoms with Gasteiger partial charge in [0.15, 0.2) is 0 Å². The molecule has 5 unspecified atom stereocenters. The molecule has 2 saturated carbocycles. The quantitative estimate of drug-likeness (QED) is 0.871. The molecule has 1 saturated heterocycles. The van der Waals surface area contributed by atoms with Crippen LogP contribution in [0.1, 0.15) is 58.3 Å². The third-order valence-electron chi connectivity index (χ3n) is 5.80. The molecule has 4 heteroatoms. The van der Waals surface area contributed by atoms with Gasteiger partial charge in [0.25, 0.3) is 0 Å². The molecule has 1 aliphatic heterocycles. The normalized spacial score (nSPS) is 37.6. The van der Waals surface area contributed by atoms with E-state index in [1.165, 1.54) is 32.1 Å². The van der Waals surface area contributed by atoms with Gasteiger partial charge in [-0.25, -0.2) is 0 Å². The Bertz CT molecular complexity index is 347. The number of carbonyl (C=O) groups excluding carboxylic acids is 1. The maximum atomic E-state index is 12.6. The lowest BCUT2D eigenvalue weighted by molar-refractivity contribution is -0.136. The fourth-order valence-electron chi connectivity index (χ4n) is 4.78. The Morgan fingerprint density at radius 1 is 1.25 bits per heavy atom. The van der Waals surface area contributed by atoms with E-state index >= 15 is 0 Å². The van der Waals surface area contributed by atoms with E-state index in [1.807, 2.05) is 6.92 Å². The lowest BCUT2D eigenvalue weighted by atomic mass is 9.85. The number of amides is 1. The predicted molar refractivity (Wildman–Crippen MR) is 83.8 cm³/mol. The van der Waals surface area contributed by atoms with Crippen LogP contribution in [0.3, 0.4) is 0 Å². The van der Waals surface area contributed by atoms with Crippen molar-refractivity contribution in [2.24, 2.45) is 23.5 Å². The van der Waals surface area contributed by atoms with Gasteiger partial charge >= 0.3 is 0 Å². The van der Waals surface area contributed by atoms with Crippen LogP contribution in [0.25, 0.3) is 0 Å². The lowest BCUT2D eigenvalue weighted by Crippen LogP contribution is -2.52. The monoisotopic (exact) mass is 300 g/mol. The highest BCUT2D eigenvalue weighted by Crippen LogP contribution is 2.49. The second kappa shape index (κ2) is 6.65. The van der Waals surface area contributed by atoms with Crippen molar-refractivity contribution in [3.05, 3.63) is 0 Å². The fraction of sp³-hybridized carbons (Fsp3) is 0.938. The summed E-state index contributed by atoms with van der Waals surface area (Å²) in [5, 5.41) is 0. The molecular formula is C16H29ClN2O. The first kappa shape index (κ1) is 16.1. The zero-order valence-electron chi connectivity index (χ0n) is 12.6. The second-order valence-electron chi connectivity index (χ2n) is 7.15. The molecule has 0 spiro atoms. The Hall–Kier alpha value is -0.280.